The molecular weight excluding hydrogens is 311 g/mol. The number of para-hydroxylation sites is 1. The number of carbonyl (C=O) groups excluding carboxylic acids is 1. The van der Waals surface area contributed by atoms with Crippen molar-refractivity contribution in [2.45, 2.75) is 26.8 Å². The van der Waals surface area contributed by atoms with Gasteiger partial charge in [-0.25, -0.2) is 4.39 Å². The number of hydrogen-bond donors (Lipinski definition) is 0. The molecule has 1 amide bonds. The van der Waals surface area contributed by atoms with Gasteiger partial charge in [0.15, 0.2) is 4.80 Å². The van der Waals surface area contributed by atoms with E-state index in [9.17, 15) is 9.18 Å². The molecule has 1 aromatic heterocycles. The average Bonchev–Trinajstić information content (AvgIpc) is 2.92. The molecule has 2 aromatic carbocycles. The van der Waals surface area contributed by atoms with E-state index in [-0.39, 0.29) is 5.56 Å². The third-order valence-electron chi connectivity index (χ3n) is 3.78. The number of halogens is 1. The normalized spacial score (nSPS) is 12.0. The summed E-state index contributed by atoms with van der Waals surface area (Å²) in [6.45, 7) is 4.83. The lowest BCUT2D eigenvalue weighted by atomic mass is 10.1. The number of nitrogens with zero attached hydrogens (tertiary/aromatic N) is 2. The zero-order valence-corrected chi connectivity index (χ0v) is 13.9. The van der Waals surface area contributed by atoms with Gasteiger partial charge >= 0.3 is 0 Å². The molecule has 118 valence electrons. The van der Waals surface area contributed by atoms with Crippen LogP contribution in [-0.4, -0.2) is 10.5 Å². The third-order valence-corrected chi connectivity index (χ3v) is 4.83. The number of hydrogen-bond acceptors (Lipinski definition) is 2. The number of amides is 1. The van der Waals surface area contributed by atoms with Crippen molar-refractivity contribution in [2.24, 2.45) is 4.99 Å². The second-order valence-corrected chi connectivity index (χ2v) is 6.15. The van der Waals surface area contributed by atoms with Gasteiger partial charge in [-0.2, -0.15) is 4.99 Å². The Bertz CT molecular complexity index is 940. The maximum absolute atomic E-state index is 13.8. The molecule has 0 bridgehead atoms. The van der Waals surface area contributed by atoms with Gasteiger partial charge in [0.25, 0.3) is 5.91 Å². The lowest BCUT2D eigenvalue weighted by molar-refractivity contribution is 0.0994. The molecule has 0 atom stereocenters. The minimum Gasteiger partial charge on any atom is -0.316 e. The van der Waals surface area contributed by atoms with Gasteiger partial charge in [0, 0.05) is 6.54 Å². The van der Waals surface area contributed by atoms with Crippen molar-refractivity contribution in [1.29, 1.82) is 0 Å². The van der Waals surface area contributed by atoms with Crippen molar-refractivity contribution >= 4 is 27.5 Å². The van der Waals surface area contributed by atoms with Gasteiger partial charge in [0.2, 0.25) is 0 Å². The highest BCUT2D eigenvalue weighted by Gasteiger charge is 2.13. The minimum absolute atomic E-state index is 0.00308. The van der Waals surface area contributed by atoms with Crippen LogP contribution in [0.4, 0.5) is 4.39 Å². The summed E-state index contributed by atoms with van der Waals surface area (Å²) < 4.78 is 16.9. The van der Waals surface area contributed by atoms with Gasteiger partial charge < -0.3 is 4.57 Å². The molecule has 1 heterocycles. The van der Waals surface area contributed by atoms with Gasteiger partial charge in [-0.05, 0) is 37.1 Å². The van der Waals surface area contributed by atoms with Gasteiger partial charge in [-0.3, -0.25) is 4.79 Å². The Morgan fingerprint density at radius 1 is 1.17 bits per heavy atom. The number of aryl methyl sites for hydroxylation is 2. The monoisotopic (exact) mass is 328 g/mol. The summed E-state index contributed by atoms with van der Waals surface area (Å²) in [6.07, 6.45) is 0.911. The van der Waals surface area contributed by atoms with Crippen molar-refractivity contribution in [2.75, 3.05) is 0 Å². The molecule has 3 rings (SSSR count). The van der Waals surface area contributed by atoms with Crippen LogP contribution in [0.3, 0.4) is 0 Å². The van der Waals surface area contributed by atoms with Gasteiger partial charge in [0.05, 0.1) is 15.8 Å². The molecule has 0 radical (unpaired) electrons. The maximum atomic E-state index is 13.8. The zero-order chi connectivity index (χ0) is 16.4. The largest absolute Gasteiger partial charge is 0.316 e. The van der Waals surface area contributed by atoms with Crippen molar-refractivity contribution in [3.63, 3.8) is 0 Å². The Hall–Kier alpha value is -2.27. The first-order valence-electron chi connectivity index (χ1n) is 7.60. The fraction of sp³-hybridized carbons (Fsp3) is 0.222. The molecule has 0 fully saturated rings. The lowest BCUT2D eigenvalue weighted by Crippen LogP contribution is -2.16. The van der Waals surface area contributed by atoms with E-state index in [2.05, 4.69) is 18.0 Å². The quantitative estimate of drug-likeness (QED) is 0.711. The Balaban J connectivity index is 2.20. The van der Waals surface area contributed by atoms with Crippen molar-refractivity contribution < 1.29 is 9.18 Å². The molecule has 23 heavy (non-hydrogen) atoms. The van der Waals surface area contributed by atoms with Gasteiger partial charge in [-0.1, -0.05) is 42.5 Å². The van der Waals surface area contributed by atoms with Crippen LogP contribution in [0.2, 0.25) is 0 Å². The van der Waals surface area contributed by atoms with Gasteiger partial charge in [-0.15, -0.1) is 0 Å². The second kappa shape index (κ2) is 6.46. The molecule has 3 aromatic rings. The minimum atomic E-state index is -0.546. The van der Waals surface area contributed by atoms with Crippen LogP contribution in [0.25, 0.3) is 10.2 Å². The Labute approximate surface area is 137 Å². The molecule has 0 saturated heterocycles. The number of aromatic nitrogens is 1. The molecule has 5 heteroatoms. The van der Waals surface area contributed by atoms with E-state index in [4.69, 9.17) is 0 Å². The Kier molecular flexibility index (Phi) is 4.39. The zero-order valence-electron chi connectivity index (χ0n) is 13.0. The van der Waals surface area contributed by atoms with Crippen LogP contribution in [-0.2, 0) is 13.0 Å². The second-order valence-electron chi connectivity index (χ2n) is 5.14. The summed E-state index contributed by atoms with van der Waals surface area (Å²) in [5.74, 6) is -1.09. The first kappa shape index (κ1) is 15.6. The van der Waals surface area contributed by atoms with Crippen LogP contribution < -0.4 is 4.80 Å². The molecule has 3 nitrogen and oxygen atoms in total. The van der Waals surface area contributed by atoms with E-state index >= 15 is 0 Å². The molecular formula is C18H17FN2OS. The lowest BCUT2D eigenvalue weighted by Gasteiger charge is -2.05. The Morgan fingerprint density at radius 3 is 2.65 bits per heavy atom. The third kappa shape index (κ3) is 2.84. The summed E-state index contributed by atoms with van der Waals surface area (Å²) in [5, 5.41) is 0. The summed E-state index contributed by atoms with van der Waals surface area (Å²) in [7, 11) is 0. The van der Waals surface area contributed by atoms with E-state index in [1.54, 1.807) is 12.1 Å². The van der Waals surface area contributed by atoms with Crippen LogP contribution in [0.15, 0.2) is 47.5 Å². The van der Waals surface area contributed by atoms with E-state index in [0.29, 0.717) is 11.3 Å². The molecule has 0 spiro atoms. The van der Waals surface area contributed by atoms with E-state index in [1.807, 2.05) is 23.6 Å². The highest BCUT2D eigenvalue weighted by molar-refractivity contribution is 7.16. The number of rotatable bonds is 3. The number of benzene rings is 2. The molecule has 0 aliphatic rings. The first-order valence-corrected chi connectivity index (χ1v) is 8.42. The Morgan fingerprint density at radius 2 is 1.96 bits per heavy atom. The maximum Gasteiger partial charge on any atom is 0.282 e. The van der Waals surface area contributed by atoms with E-state index in [0.717, 1.165) is 16.6 Å². The molecule has 0 saturated carbocycles. The predicted molar refractivity (Wildman–Crippen MR) is 91.2 cm³/mol. The number of fused-ring (bicyclic) bond motifs is 1. The van der Waals surface area contributed by atoms with Crippen LogP contribution >= 0.6 is 11.3 Å². The number of thiazole rings is 1. The predicted octanol–water partition coefficient (Wildman–Crippen LogP) is 4.17. The first-order chi connectivity index (χ1) is 11.2. The summed E-state index contributed by atoms with van der Waals surface area (Å²) >= 11 is 1.46. The highest BCUT2D eigenvalue weighted by atomic mass is 32.1. The fourth-order valence-electron chi connectivity index (χ4n) is 2.65. The van der Waals surface area contributed by atoms with Crippen molar-refractivity contribution in [1.82, 2.24) is 4.57 Å². The average molecular weight is 328 g/mol. The highest BCUT2D eigenvalue weighted by Crippen LogP contribution is 2.22. The SMILES string of the molecule is CCc1cccc2sc(=NC(=O)c3ccccc3F)n(CC)c12. The van der Waals surface area contributed by atoms with Crippen molar-refractivity contribution in [3.8, 4) is 0 Å². The molecule has 0 aliphatic heterocycles. The topological polar surface area (TPSA) is 34.4 Å². The summed E-state index contributed by atoms with van der Waals surface area (Å²) in [6, 6.07) is 12.1. The smallest absolute Gasteiger partial charge is 0.282 e. The number of carbonyl (C=O) groups is 1. The van der Waals surface area contributed by atoms with Crippen molar-refractivity contribution in [3.05, 3.63) is 64.2 Å². The standard InChI is InChI=1S/C18H17FN2OS/c1-3-12-8-7-11-15-16(12)21(4-2)18(23-15)20-17(22)13-9-5-6-10-14(13)19/h5-11H,3-4H2,1-2H3. The summed E-state index contributed by atoms with van der Waals surface area (Å²) in [5.41, 5.74) is 2.34. The van der Waals surface area contributed by atoms with Crippen LogP contribution in [0.5, 0.6) is 0 Å². The van der Waals surface area contributed by atoms with Crippen LogP contribution in [0.1, 0.15) is 29.8 Å². The van der Waals surface area contributed by atoms with E-state index < -0.39 is 11.7 Å². The van der Waals surface area contributed by atoms with E-state index in [1.165, 1.54) is 29.0 Å². The fourth-order valence-corrected chi connectivity index (χ4v) is 3.79. The van der Waals surface area contributed by atoms with Crippen LogP contribution in [0, 0.1) is 5.82 Å². The van der Waals surface area contributed by atoms with Gasteiger partial charge in [0.1, 0.15) is 5.82 Å². The summed E-state index contributed by atoms with van der Waals surface area (Å²) in [4.78, 5) is 17.1. The molecule has 0 aliphatic carbocycles. The molecule has 0 unspecified atom stereocenters. The molecule has 0 N–H and O–H groups in total.